The third kappa shape index (κ3) is 2.71. The highest BCUT2D eigenvalue weighted by Crippen LogP contribution is 2.11. The SMILES string of the molecule is CC(CS(=O)(=O)O)n1nccc1N. The first-order valence-corrected chi connectivity index (χ1v) is 5.25. The molecule has 1 heterocycles. The molecule has 0 aliphatic rings. The second kappa shape index (κ2) is 3.35. The molecular formula is C6H11N3O3S. The van der Waals surface area contributed by atoms with Gasteiger partial charge in [0.1, 0.15) is 5.82 Å². The van der Waals surface area contributed by atoms with Crippen molar-refractivity contribution in [2.75, 3.05) is 11.5 Å². The first kappa shape index (κ1) is 10.0. The van der Waals surface area contributed by atoms with Crippen LogP contribution in [0.15, 0.2) is 12.3 Å². The van der Waals surface area contributed by atoms with Gasteiger partial charge in [0.15, 0.2) is 0 Å². The second-order valence-electron chi connectivity index (χ2n) is 2.80. The summed E-state index contributed by atoms with van der Waals surface area (Å²) in [5.74, 6) is -0.0186. The fraction of sp³-hybridized carbons (Fsp3) is 0.500. The maximum absolute atomic E-state index is 10.5. The fourth-order valence-corrected chi connectivity index (χ4v) is 1.82. The summed E-state index contributed by atoms with van der Waals surface area (Å²) in [6.07, 6.45) is 1.47. The summed E-state index contributed by atoms with van der Waals surface area (Å²) >= 11 is 0. The summed E-state index contributed by atoms with van der Waals surface area (Å²) < 4.78 is 31.0. The molecule has 0 saturated carbocycles. The predicted molar refractivity (Wildman–Crippen MR) is 47.8 cm³/mol. The Hall–Kier alpha value is -1.08. The zero-order valence-corrected chi connectivity index (χ0v) is 7.90. The Labute approximate surface area is 76.1 Å². The average Bonchev–Trinajstić information content (AvgIpc) is 2.30. The maximum atomic E-state index is 10.5. The Morgan fingerprint density at radius 2 is 2.38 bits per heavy atom. The summed E-state index contributed by atoms with van der Waals surface area (Å²) in [6.45, 7) is 1.61. The number of aromatic nitrogens is 2. The van der Waals surface area contributed by atoms with Gasteiger partial charge in [0.2, 0.25) is 0 Å². The number of nitrogens with two attached hydrogens (primary N) is 1. The van der Waals surface area contributed by atoms with Crippen molar-refractivity contribution < 1.29 is 13.0 Å². The number of rotatable bonds is 3. The Morgan fingerprint density at radius 3 is 2.77 bits per heavy atom. The van der Waals surface area contributed by atoms with Crippen LogP contribution >= 0.6 is 0 Å². The zero-order chi connectivity index (χ0) is 10.1. The van der Waals surface area contributed by atoms with Gasteiger partial charge in [0.05, 0.1) is 18.0 Å². The highest BCUT2D eigenvalue weighted by Gasteiger charge is 2.15. The summed E-state index contributed by atoms with van der Waals surface area (Å²) in [4.78, 5) is 0. The van der Waals surface area contributed by atoms with E-state index in [9.17, 15) is 8.42 Å². The van der Waals surface area contributed by atoms with E-state index in [-0.39, 0.29) is 0 Å². The lowest BCUT2D eigenvalue weighted by molar-refractivity contribution is 0.458. The summed E-state index contributed by atoms with van der Waals surface area (Å²) in [6, 6.07) is 1.09. The number of anilines is 1. The Balaban J connectivity index is 2.81. The Morgan fingerprint density at radius 1 is 1.77 bits per heavy atom. The molecule has 1 aromatic rings. The summed E-state index contributed by atoms with van der Waals surface area (Å²) in [7, 11) is -3.98. The maximum Gasteiger partial charge on any atom is 0.266 e. The quantitative estimate of drug-likeness (QED) is 0.672. The van der Waals surface area contributed by atoms with Crippen LogP contribution in [0.3, 0.4) is 0 Å². The molecule has 0 spiro atoms. The standard InChI is InChI=1S/C6H11N3O3S/c1-5(4-13(10,11)12)9-6(7)2-3-8-9/h2-3,5H,4,7H2,1H3,(H,10,11,12). The smallest absolute Gasteiger partial charge is 0.266 e. The average molecular weight is 205 g/mol. The fourth-order valence-electron chi connectivity index (χ4n) is 1.07. The molecule has 7 heteroatoms. The van der Waals surface area contributed by atoms with E-state index in [1.54, 1.807) is 13.0 Å². The van der Waals surface area contributed by atoms with Crippen LogP contribution in [-0.2, 0) is 10.1 Å². The molecule has 0 saturated heterocycles. The van der Waals surface area contributed by atoms with Crippen molar-refractivity contribution >= 4 is 15.9 Å². The van der Waals surface area contributed by atoms with Crippen LogP contribution in [0.5, 0.6) is 0 Å². The van der Waals surface area contributed by atoms with Gasteiger partial charge in [0, 0.05) is 0 Å². The number of hydrogen-bond acceptors (Lipinski definition) is 4. The van der Waals surface area contributed by atoms with E-state index < -0.39 is 21.9 Å². The van der Waals surface area contributed by atoms with E-state index >= 15 is 0 Å². The highest BCUT2D eigenvalue weighted by atomic mass is 32.2. The second-order valence-corrected chi connectivity index (χ2v) is 4.30. The molecule has 0 aliphatic carbocycles. The van der Waals surface area contributed by atoms with Gasteiger partial charge in [-0.15, -0.1) is 0 Å². The van der Waals surface area contributed by atoms with Gasteiger partial charge in [-0.3, -0.25) is 4.55 Å². The van der Waals surface area contributed by atoms with Gasteiger partial charge >= 0.3 is 0 Å². The molecule has 1 aromatic heterocycles. The van der Waals surface area contributed by atoms with Gasteiger partial charge in [-0.2, -0.15) is 13.5 Å². The van der Waals surface area contributed by atoms with Crippen molar-refractivity contribution in [1.29, 1.82) is 0 Å². The molecular weight excluding hydrogens is 194 g/mol. The Bertz CT molecular complexity index is 384. The van der Waals surface area contributed by atoms with Crippen molar-refractivity contribution in [3.63, 3.8) is 0 Å². The van der Waals surface area contributed by atoms with E-state index in [1.165, 1.54) is 10.9 Å². The summed E-state index contributed by atoms with van der Waals surface area (Å²) in [5, 5.41) is 3.82. The molecule has 13 heavy (non-hydrogen) atoms. The van der Waals surface area contributed by atoms with Gasteiger partial charge in [0.25, 0.3) is 10.1 Å². The van der Waals surface area contributed by atoms with Crippen molar-refractivity contribution in [2.45, 2.75) is 13.0 Å². The van der Waals surface area contributed by atoms with E-state index in [2.05, 4.69) is 5.10 Å². The van der Waals surface area contributed by atoms with Crippen LogP contribution in [0.4, 0.5) is 5.82 Å². The lowest BCUT2D eigenvalue weighted by atomic mass is 10.4. The molecule has 0 radical (unpaired) electrons. The lowest BCUT2D eigenvalue weighted by Crippen LogP contribution is -2.19. The van der Waals surface area contributed by atoms with E-state index in [0.717, 1.165) is 0 Å². The topological polar surface area (TPSA) is 98.2 Å². The van der Waals surface area contributed by atoms with E-state index in [0.29, 0.717) is 5.82 Å². The van der Waals surface area contributed by atoms with Crippen molar-refractivity contribution in [2.24, 2.45) is 0 Å². The molecule has 0 fully saturated rings. The monoisotopic (exact) mass is 205 g/mol. The van der Waals surface area contributed by atoms with Crippen LogP contribution in [0.25, 0.3) is 0 Å². The summed E-state index contributed by atoms with van der Waals surface area (Å²) in [5.41, 5.74) is 5.48. The van der Waals surface area contributed by atoms with Gasteiger partial charge in [-0.1, -0.05) is 0 Å². The van der Waals surface area contributed by atoms with Crippen LogP contribution in [-0.4, -0.2) is 28.5 Å². The zero-order valence-electron chi connectivity index (χ0n) is 7.08. The minimum atomic E-state index is -3.98. The molecule has 0 aromatic carbocycles. The van der Waals surface area contributed by atoms with Gasteiger partial charge in [-0.05, 0) is 13.0 Å². The molecule has 1 unspecified atom stereocenters. The van der Waals surface area contributed by atoms with Crippen molar-refractivity contribution in [3.8, 4) is 0 Å². The molecule has 6 nitrogen and oxygen atoms in total. The molecule has 74 valence electrons. The van der Waals surface area contributed by atoms with Gasteiger partial charge < -0.3 is 5.73 Å². The minimum Gasteiger partial charge on any atom is -0.384 e. The van der Waals surface area contributed by atoms with E-state index in [1.807, 2.05) is 0 Å². The van der Waals surface area contributed by atoms with Crippen LogP contribution in [0, 0.1) is 0 Å². The molecule has 1 rings (SSSR count). The number of nitrogen functional groups attached to an aromatic ring is 1. The predicted octanol–water partition coefficient (Wildman–Crippen LogP) is -0.0859. The molecule has 0 bridgehead atoms. The minimum absolute atomic E-state index is 0.371. The van der Waals surface area contributed by atoms with Crippen molar-refractivity contribution in [3.05, 3.63) is 12.3 Å². The third-order valence-electron chi connectivity index (χ3n) is 1.57. The first-order valence-electron chi connectivity index (χ1n) is 3.64. The Kier molecular flexibility index (Phi) is 2.58. The highest BCUT2D eigenvalue weighted by molar-refractivity contribution is 7.85. The lowest BCUT2D eigenvalue weighted by Gasteiger charge is -2.11. The van der Waals surface area contributed by atoms with E-state index in [4.69, 9.17) is 10.3 Å². The van der Waals surface area contributed by atoms with Gasteiger partial charge in [-0.25, -0.2) is 4.68 Å². The van der Waals surface area contributed by atoms with Crippen LogP contribution < -0.4 is 5.73 Å². The normalized spacial score (nSPS) is 14.3. The number of nitrogens with zero attached hydrogens (tertiary/aromatic N) is 2. The van der Waals surface area contributed by atoms with Crippen LogP contribution in [0.1, 0.15) is 13.0 Å². The molecule has 0 amide bonds. The molecule has 3 N–H and O–H groups in total. The molecule has 1 atom stereocenters. The molecule has 0 aliphatic heterocycles. The third-order valence-corrected chi connectivity index (χ3v) is 2.47. The van der Waals surface area contributed by atoms with Crippen molar-refractivity contribution in [1.82, 2.24) is 9.78 Å². The number of hydrogen-bond donors (Lipinski definition) is 2. The largest absolute Gasteiger partial charge is 0.384 e. The van der Waals surface area contributed by atoms with Crippen LogP contribution in [0.2, 0.25) is 0 Å². The first-order chi connectivity index (χ1) is 5.90.